The molecule has 0 heterocycles. The summed E-state index contributed by atoms with van der Waals surface area (Å²) < 4.78 is 11.0. The van der Waals surface area contributed by atoms with E-state index in [0.717, 1.165) is 17.7 Å². The van der Waals surface area contributed by atoms with Crippen LogP contribution in [0, 0.1) is 0 Å². The van der Waals surface area contributed by atoms with E-state index in [0.29, 0.717) is 18.3 Å². The van der Waals surface area contributed by atoms with E-state index in [1.807, 2.05) is 55.5 Å². The maximum atomic E-state index is 11.9. The number of amides is 1. The summed E-state index contributed by atoms with van der Waals surface area (Å²) >= 11 is 0. The van der Waals surface area contributed by atoms with Crippen LogP contribution < -0.4 is 14.9 Å². The molecule has 2 rings (SSSR count). The van der Waals surface area contributed by atoms with Crippen LogP contribution in [0.15, 0.2) is 53.6 Å². The summed E-state index contributed by atoms with van der Waals surface area (Å²) in [6, 6.07) is 15.3. The molecule has 2 aromatic rings. The topological polar surface area (TPSA) is 59.9 Å². The normalized spacial score (nSPS) is 12.0. The number of ether oxygens (including phenoxy) is 2. The zero-order valence-corrected chi connectivity index (χ0v) is 15.6. The molecule has 1 amide bonds. The summed E-state index contributed by atoms with van der Waals surface area (Å²) in [6.45, 7) is 6.74. The van der Waals surface area contributed by atoms with Gasteiger partial charge in [-0.15, -0.1) is 0 Å². The lowest BCUT2D eigenvalue weighted by atomic mass is 9.99. The highest BCUT2D eigenvalue weighted by atomic mass is 16.5. The highest BCUT2D eigenvalue weighted by Crippen LogP contribution is 2.21. The minimum Gasteiger partial charge on any atom is -0.493 e. The number of nitrogens with zero attached hydrogens (tertiary/aromatic N) is 1. The lowest BCUT2D eigenvalue weighted by Gasteiger charge is -2.10. The Morgan fingerprint density at radius 3 is 2.54 bits per heavy atom. The van der Waals surface area contributed by atoms with Crippen LogP contribution in [-0.4, -0.2) is 25.3 Å². The quantitative estimate of drug-likeness (QED) is 0.544. The maximum Gasteiger partial charge on any atom is 0.277 e. The van der Waals surface area contributed by atoms with E-state index in [1.54, 1.807) is 6.21 Å². The number of benzene rings is 2. The Morgan fingerprint density at radius 2 is 1.85 bits per heavy atom. The molecule has 0 saturated carbocycles. The second kappa shape index (κ2) is 10.2. The first kappa shape index (κ1) is 19.5. The van der Waals surface area contributed by atoms with Crippen LogP contribution in [0.1, 0.15) is 44.2 Å². The number of nitrogens with one attached hydrogen (secondary N) is 1. The van der Waals surface area contributed by atoms with E-state index >= 15 is 0 Å². The third-order valence-corrected chi connectivity index (χ3v) is 4.04. The number of hydrazone groups is 1. The van der Waals surface area contributed by atoms with Crippen LogP contribution in [0.25, 0.3) is 0 Å². The molecule has 1 atom stereocenters. The first-order valence-corrected chi connectivity index (χ1v) is 8.90. The van der Waals surface area contributed by atoms with Crippen molar-refractivity contribution < 1.29 is 14.3 Å². The minimum atomic E-state index is -0.318. The summed E-state index contributed by atoms with van der Waals surface area (Å²) in [5.41, 5.74) is 4.53. The summed E-state index contributed by atoms with van der Waals surface area (Å²) in [5, 5.41) is 3.96. The van der Waals surface area contributed by atoms with E-state index in [9.17, 15) is 4.79 Å². The molecule has 0 saturated heterocycles. The zero-order chi connectivity index (χ0) is 18.8. The van der Waals surface area contributed by atoms with Gasteiger partial charge in [-0.2, -0.15) is 5.10 Å². The third-order valence-electron chi connectivity index (χ3n) is 4.04. The minimum absolute atomic E-state index is 0.0902. The van der Waals surface area contributed by atoms with Crippen molar-refractivity contribution in [3.05, 3.63) is 59.7 Å². The Labute approximate surface area is 155 Å². The molecule has 0 aromatic heterocycles. The lowest BCUT2D eigenvalue weighted by molar-refractivity contribution is -0.123. The Bertz CT molecular complexity index is 726. The van der Waals surface area contributed by atoms with Gasteiger partial charge in [-0.1, -0.05) is 38.1 Å². The number of hydrogen-bond acceptors (Lipinski definition) is 4. The molecule has 0 bridgehead atoms. The van der Waals surface area contributed by atoms with E-state index < -0.39 is 0 Å². The van der Waals surface area contributed by atoms with Crippen LogP contribution in [0.4, 0.5) is 0 Å². The van der Waals surface area contributed by atoms with Gasteiger partial charge in [0.1, 0.15) is 11.5 Å². The van der Waals surface area contributed by atoms with Crippen molar-refractivity contribution in [2.24, 2.45) is 5.10 Å². The summed E-state index contributed by atoms with van der Waals surface area (Å²) in [4.78, 5) is 11.9. The van der Waals surface area contributed by atoms with Crippen LogP contribution in [-0.2, 0) is 4.79 Å². The highest BCUT2D eigenvalue weighted by Gasteiger charge is 2.05. The second-order valence-corrected chi connectivity index (χ2v) is 5.93. The molecular formula is C21H26N2O3. The largest absolute Gasteiger partial charge is 0.493 e. The van der Waals surface area contributed by atoms with E-state index in [4.69, 9.17) is 9.47 Å². The Balaban J connectivity index is 1.82. The van der Waals surface area contributed by atoms with Gasteiger partial charge in [0, 0.05) is 5.56 Å². The average molecular weight is 354 g/mol. The number of carbonyl (C=O) groups excluding carboxylic acids is 1. The molecule has 0 aliphatic carbocycles. The maximum absolute atomic E-state index is 11.9. The molecule has 2 aromatic carbocycles. The Kier molecular flexibility index (Phi) is 7.68. The molecule has 0 fully saturated rings. The smallest absolute Gasteiger partial charge is 0.277 e. The Morgan fingerprint density at radius 1 is 1.12 bits per heavy atom. The van der Waals surface area contributed by atoms with Gasteiger partial charge in [0.15, 0.2) is 6.61 Å². The fraction of sp³-hybridized carbons (Fsp3) is 0.333. The van der Waals surface area contributed by atoms with Gasteiger partial charge >= 0.3 is 0 Å². The predicted molar refractivity (Wildman–Crippen MR) is 104 cm³/mol. The molecular weight excluding hydrogens is 328 g/mol. The molecule has 0 spiro atoms. The molecule has 138 valence electrons. The molecule has 1 N–H and O–H groups in total. The standard InChI is InChI=1S/C21H26N2O3/c1-4-16(3)17-10-12-19(13-11-17)26-15-21(24)23-22-14-18-8-6-7-9-20(18)25-5-2/h6-14,16H,4-5,15H2,1-3H3,(H,23,24)/b22-14-/t16-/m0/s1. The van der Waals surface area contributed by atoms with Gasteiger partial charge in [-0.3, -0.25) is 4.79 Å². The van der Waals surface area contributed by atoms with Gasteiger partial charge in [-0.25, -0.2) is 5.43 Å². The predicted octanol–water partition coefficient (Wildman–Crippen LogP) is 4.13. The van der Waals surface area contributed by atoms with Crippen molar-refractivity contribution in [2.45, 2.75) is 33.1 Å². The fourth-order valence-electron chi connectivity index (χ4n) is 2.36. The first-order valence-electron chi connectivity index (χ1n) is 8.90. The van der Waals surface area contributed by atoms with Crippen molar-refractivity contribution in [2.75, 3.05) is 13.2 Å². The summed E-state index contributed by atoms with van der Waals surface area (Å²) in [5.74, 6) is 1.59. The lowest BCUT2D eigenvalue weighted by Crippen LogP contribution is -2.24. The molecule has 0 aliphatic heterocycles. The first-order chi connectivity index (χ1) is 12.6. The number of para-hydroxylation sites is 1. The average Bonchev–Trinajstić information content (AvgIpc) is 2.67. The number of rotatable bonds is 9. The van der Waals surface area contributed by atoms with Gasteiger partial charge < -0.3 is 9.47 Å². The van der Waals surface area contributed by atoms with Crippen LogP contribution >= 0.6 is 0 Å². The van der Waals surface area contributed by atoms with Crippen molar-refractivity contribution in [3.63, 3.8) is 0 Å². The van der Waals surface area contributed by atoms with E-state index in [2.05, 4.69) is 24.4 Å². The van der Waals surface area contributed by atoms with Gasteiger partial charge in [0.05, 0.1) is 12.8 Å². The van der Waals surface area contributed by atoms with Crippen LogP contribution in [0.3, 0.4) is 0 Å². The van der Waals surface area contributed by atoms with Gasteiger partial charge in [0.2, 0.25) is 0 Å². The van der Waals surface area contributed by atoms with Crippen molar-refractivity contribution in [1.29, 1.82) is 0 Å². The van der Waals surface area contributed by atoms with E-state index in [1.165, 1.54) is 5.56 Å². The van der Waals surface area contributed by atoms with Crippen molar-refractivity contribution in [3.8, 4) is 11.5 Å². The molecule has 0 unspecified atom stereocenters. The van der Waals surface area contributed by atoms with Gasteiger partial charge in [-0.05, 0) is 49.1 Å². The van der Waals surface area contributed by atoms with Gasteiger partial charge in [0.25, 0.3) is 5.91 Å². The monoisotopic (exact) mass is 354 g/mol. The molecule has 0 radical (unpaired) electrons. The third kappa shape index (κ3) is 5.92. The van der Waals surface area contributed by atoms with Crippen LogP contribution in [0.5, 0.6) is 11.5 Å². The Hall–Kier alpha value is -2.82. The molecule has 5 heteroatoms. The summed E-state index contributed by atoms with van der Waals surface area (Å²) in [6.07, 6.45) is 2.65. The second-order valence-electron chi connectivity index (χ2n) is 5.93. The fourth-order valence-corrected chi connectivity index (χ4v) is 2.36. The zero-order valence-electron chi connectivity index (χ0n) is 15.6. The molecule has 26 heavy (non-hydrogen) atoms. The number of carbonyl (C=O) groups is 1. The SMILES string of the molecule is CCOc1ccccc1/C=N\NC(=O)COc1ccc([C@@H](C)CC)cc1. The van der Waals surface area contributed by atoms with Crippen molar-refractivity contribution >= 4 is 12.1 Å². The van der Waals surface area contributed by atoms with Crippen molar-refractivity contribution in [1.82, 2.24) is 5.43 Å². The summed E-state index contributed by atoms with van der Waals surface area (Å²) in [7, 11) is 0. The highest BCUT2D eigenvalue weighted by molar-refractivity contribution is 5.85. The number of hydrogen-bond donors (Lipinski definition) is 1. The van der Waals surface area contributed by atoms with E-state index in [-0.39, 0.29) is 12.5 Å². The molecule has 0 aliphatic rings. The molecule has 5 nitrogen and oxygen atoms in total. The van der Waals surface area contributed by atoms with Crippen LogP contribution in [0.2, 0.25) is 0 Å².